The number of hydrogen-bond donors (Lipinski definition) is 2. The Balaban J connectivity index is 1.70. The summed E-state index contributed by atoms with van der Waals surface area (Å²) in [7, 11) is 0. The lowest BCUT2D eigenvalue weighted by molar-refractivity contribution is -0.137. The SMILES string of the molecule is O=C(O)c1cccc2c1N[C@H](c1cccc(C(F)(F)F)c1)[C@H]1Cc3ccccc3[C@H]21. The molecule has 1 aliphatic carbocycles. The van der Waals surface area contributed by atoms with Crippen molar-refractivity contribution in [3.63, 3.8) is 0 Å². The van der Waals surface area contributed by atoms with Crippen molar-refractivity contribution in [1.82, 2.24) is 0 Å². The predicted molar refractivity (Wildman–Crippen MR) is 107 cm³/mol. The zero-order valence-corrected chi connectivity index (χ0v) is 15.8. The molecule has 0 saturated carbocycles. The number of carboxylic acid groups (broad SMARTS) is 1. The minimum Gasteiger partial charge on any atom is -0.478 e. The molecule has 0 amide bonds. The summed E-state index contributed by atoms with van der Waals surface area (Å²) in [5, 5.41) is 13.0. The molecule has 1 aliphatic heterocycles. The van der Waals surface area contributed by atoms with Crippen LogP contribution >= 0.6 is 0 Å². The third kappa shape index (κ3) is 2.86. The zero-order valence-electron chi connectivity index (χ0n) is 15.8. The van der Waals surface area contributed by atoms with Crippen molar-refractivity contribution >= 4 is 11.7 Å². The van der Waals surface area contributed by atoms with Gasteiger partial charge in [-0.1, -0.05) is 48.5 Å². The molecule has 0 bridgehead atoms. The molecule has 0 unspecified atom stereocenters. The Kier molecular flexibility index (Phi) is 4.13. The van der Waals surface area contributed by atoms with Gasteiger partial charge in [-0.05, 0) is 52.8 Å². The van der Waals surface area contributed by atoms with E-state index in [2.05, 4.69) is 5.32 Å². The summed E-state index contributed by atoms with van der Waals surface area (Å²) in [5.74, 6) is -1.15. The molecule has 3 aromatic carbocycles. The van der Waals surface area contributed by atoms with Crippen molar-refractivity contribution in [3.05, 3.63) is 100 Å². The van der Waals surface area contributed by atoms with Crippen molar-refractivity contribution in [3.8, 4) is 0 Å². The molecule has 6 heteroatoms. The molecule has 0 fully saturated rings. The van der Waals surface area contributed by atoms with Gasteiger partial charge < -0.3 is 10.4 Å². The third-order valence-electron chi connectivity index (χ3n) is 6.24. The molecule has 2 N–H and O–H groups in total. The van der Waals surface area contributed by atoms with Crippen LogP contribution < -0.4 is 5.32 Å². The summed E-state index contributed by atoms with van der Waals surface area (Å²) in [6.07, 6.45) is -3.72. The number of fused-ring (bicyclic) bond motifs is 5. The van der Waals surface area contributed by atoms with E-state index in [-0.39, 0.29) is 17.4 Å². The normalized spacial score (nSPS) is 21.9. The lowest BCUT2D eigenvalue weighted by Gasteiger charge is -2.38. The highest BCUT2D eigenvalue weighted by Crippen LogP contribution is 2.54. The first-order valence-electron chi connectivity index (χ1n) is 9.72. The Morgan fingerprint density at radius 3 is 2.47 bits per heavy atom. The number of carboxylic acids is 1. The highest BCUT2D eigenvalue weighted by atomic mass is 19.4. The van der Waals surface area contributed by atoms with Crippen LogP contribution in [0.15, 0.2) is 66.7 Å². The van der Waals surface area contributed by atoms with Crippen molar-refractivity contribution < 1.29 is 23.1 Å². The molecular weight excluding hydrogens is 391 g/mol. The fraction of sp³-hybridized carbons (Fsp3) is 0.208. The standard InChI is InChI=1S/C24H18F3NO2/c25-24(26,27)15-7-3-6-14(11-15)21-19-12-13-5-1-2-8-16(13)20(19)17-9-4-10-18(23(29)30)22(17)28-21/h1-11,19-21,28H,12H2,(H,29,30)/t19-,20+,21+/m0/s1. The molecular formula is C24H18F3NO2. The summed E-state index contributed by atoms with van der Waals surface area (Å²) < 4.78 is 40.0. The number of halogens is 3. The topological polar surface area (TPSA) is 49.3 Å². The fourth-order valence-electron chi connectivity index (χ4n) is 5.00. The molecule has 0 saturated heterocycles. The highest BCUT2D eigenvalue weighted by Gasteiger charge is 2.44. The second kappa shape index (κ2) is 6.62. The lowest BCUT2D eigenvalue weighted by Crippen LogP contribution is -2.31. The smallest absolute Gasteiger partial charge is 0.416 e. The average Bonchev–Trinajstić information content (AvgIpc) is 3.12. The van der Waals surface area contributed by atoms with Gasteiger partial charge in [-0.2, -0.15) is 13.2 Å². The van der Waals surface area contributed by atoms with Gasteiger partial charge >= 0.3 is 12.1 Å². The van der Waals surface area contributed by atoms with Gasteiger partial charge in [-0.3, -0.25) is 0 Å². The number of rotatable bonds is 2. The summed E-state index contributed by atoms with van der Waals surface area (Å²) in [6.45, 7) is 0. The first kappa shape index (κ1) is 18.7. The highest BCUT2D eigenvalue weighted by molar-refractivity contribution is 5.96. The maximum atomic E-state index is 13.3. The molecule has 5 rings (SSSR count). The molecule has 3 aromatic rings. The number of benzene rings is 3. The molecule has 152 valence electrons. The number of carbonyl (C=O) groups is 1. The van der Waals surface area contributed by atoms with Crippen LogP contribution in [0.4, 0.5) is 18.9 Å². The lowest BCUT2D eigenvalue weighted by atomic mass is 9.75. The van der Waals surface area contributed by atoms with Gasteiger partial charge in [0.05, 0.1) is 22.9 Å². The zero-order chi connectivity index (χ0) is 21.0. The predicted octanol–water partition coefficient (Wildman–Crippen LogP) is 5.87. The molecule has 0 radical (unpaired) electrons. The second-order valence-electron chi connectivity index (χ2n) is 7.86. The van der Waals surface area contributed by atoms with E-state index in [9.17, 15) is 23.1 Å². The monoisotopic (exact) mass is 409 g/mol. The van der Waals surface area contributed by atoms with E-state index < -0.39 is 23.8 Å². The van der Waals surface area contributed by atoms with Crippen molar-refractivity contribution in [1.29, 1.82) is 0 Å². The van der Waals surface area contributed by atoms with E-state index in [0.717, 1.165) is 22.8 Å². The number of aromatic carboxylic acids is 1. The van der Waals surface area contributed by atoms with Crippen LogP contribution in [0.5, 0.6) is 0 Å². The van der Waals surface area contributed by atoms with Crippen LogP contribution in [0.3, 0.4) is 0 Å². The molecule has 0 spiro atoms. The third-order valence-corrected chi connectivity index (χ3v) is 6.24. The maximum Gasteiger partial charge on any atom is 0.416 e. The fourth-order valence-corrected chi connectivity index (χ4v) is 5.00. The van der Waals surface area contributed by atoms with Gasteiger partial charge in [0.15, 0.2) is 0 Å². The summed E-state index contributed by atoms with van der Waals surface area (Å²) in [6, 6.07) is 18.0. The Bertz CT molecular complexity index is 1160. The Morgan fingerprint density at radius 2 is 1.70 bits per heavy atom. The summed E-state index contributed by atoms with van der Waals surface area (Å²) in [5.41, 5.74) is 3.58. The minimum atomic E-state index is -4.44. The van der Waals surface area contributed by atoms with E-state index in [1.807, 2.05) is 30.3 Å². The van der Waals surface area contributed by atoms with E-state index >= 15 is 0 Å². The first-order chi connectivity index (χ1) is 14.3. The van der Waals surface area contributed by atoms with Crippen LogP contribution in [0.2, 0.25) is 0 Å². The molecule has 0 aromatic heterocycles. The molecule has 1 heterocycles. The molecule has 3 atom stereocenters. The second-order valence-corrected chi connectivity index (χ2v) is 7.86. The van der Waals surface area contributed by atoms with Crippen molar-refractivity contribution in [2.24, 2.45) is 5.92 Å². The number of alkyl halides is 3. The molecule has 30 heavy (non-hydrogen) atoms. The van der Waals surface area contributed by atoms with Crippen LogP contribution in [-0.2, 0) is 12.6 Å². The number of anilines is 1. The van der Waals surface area contributed by atoms with Gasteiger partial charge in [0.25, 0.3) is 0 Å². The van der Waals surface area contributed by atoms with Gasteiger partial charge in [-0.25, -0.2) is 4.79 Å². The summed E-state index contributed by atoms with van der Waals surface area (Å²) in [4.78, 5) is 11.9. The summed E-state index contributed by atoms with van der Waals surface area (Å²) >= 11 is 0. The van der Waals surface area contributed by atoms with E-state index in [4.69, 9.17) is 0 Å². The number of hydrogen-bond acceptors (Lipinski definition) is 2. The maximum absolute atomic E-state index is 13.3. The van der Waals surface area contributed by atoms with E-state index in [1.54, 1.807) is 12.1 Å². The van der Waals surface area contributed by atoms with E-state index in [1.165, 1.54) is 18.2 Å². The largest absolute Gasteiger partial charge is 0.478 e. The van der Waals surface area contributed by atoms with Crippen LogP contribution in [-0.4, -0.2) is 11.1 Å². The minimum absolute atomic E-state index is 0.0116. The number of para-hydroxylation sites is 1. The van der Waals surface area contributed by atoms with Gasteiger partial charge in [0, 0.05) is 5.92 Å². The first-order valence-corrected chi connectivity index (χ1v) is 9.72. The van der Waals surface area contributed by atoms with Crippen molar-refractivity contribution in [2.75, 3.05) is 5.32 Å². The Morgan fingerprint density at radius 1 is 0.967 bits per heavy atom. The van der Waals surface area contributed by atoms with Gasteiger partial charge in [0.1, 0.15) is 0 Å². The van der Waals surface area contributed by atoms with Crippen LogP contribution in [0.1, 0.15) is 50.1 Å². The number of nitrogens with one attached hydrogen (secondary N) is 1. The average molecular weight is 409 g/mol. The quantitative estimate of drug-likeness (QED) is 0.556. The Hall–Kier alpha value is -3.28. The molecule has 3 nitrogen and oxygen atoms in total. The Labute approximate surface area is 171 Å². The van der Waals surface area contributed by atoms with E-state index in [0.29, 0.717) is 17.7 Å². The van der Waals surface area contributed by atoms with Gasteiger partial charge in [0.2, 0.25) is 0 Å². The van der Waals surface area contributed by atoms with Crippen LogP contribution in [0, 0.1) is 5.92 Å². The van der Waals surface area contributed by atoms with Crippen molar-refractivity contribution in [2.45, 2.75) is 24.6 Å². The molecule has 2 aliphatic rings. The van der Waals surface area contributed by atoms with Crippen LogP contribution in [0.25, 0.3) is 0 Å². The van der Waals surface area contributed by atoms with Gasteiger partial charge in [-0.15, -0.1) is 0 Å².